The summed E-state index contributed by atoms with van der Waals surface area (Å²) in [5.74, 6) is 0.138. The number of methoxy groups -OCH3 is 1. The normalized spacial score (nSPS) is 15.5. The van der Waals surface area contributed by atoms with Crippen LogP contribution in [0.4, 0.5) is 5.69 Å². The second-order valence-electron chi connectivity index (χ2n) is 18.3. The van der Waals surface area contributed by atoms with Crippen molar-refractivity contribution in [2.45, 2.75) is 64.7 Å². The minimum atomic E-state index is -1.13. The lowest BCUT2D eigenvalue weighted by molar-refractivity contribution is -0.120. The fourth-order valence-corrected chi connectivity index (χ4v) is 11.5. The van der Waals surface area contributed by atoms with Crippen LogP contribution in [0.25, 0.3) is 16.5 Å². The fourth-order valence-electron chi connectivity index (χ4n) is 11.4. The Labute approximate surface area is 392 Å². The standard InChI is InChI=1S/C54H50ClN5O7/c1-30-40(41-28-36(66-2)16-18-45(41)60(30)53(63)31-11-14-35(55)15-12-31)29-46(61)56-19-20-57-52(62)34-13-17-37(42(27-34)54(64)65)47-43-25-32-7-3-21-58-23-5-9-38(48(32)58)50(43)67-51-39-10-6-24-59-22-4-8-33(49(39)59)26-44(47)51/h11-18,25-28H,3-10,19-24,29H2,1-2H3,(H2-,56,57,61,62,64,65)/p+1. The zero-order valence-electron chi connectivity index (χ0n) is 37.7. The molecule has 67 heavy (non-hydrogen) atoms. The molecular formula is C54H51ClN5O7+. The molecule has 0 atom stereocenters. The number of halogens is 1. The van der Waals surface area contributed by atoms with E-state index in [0.717, 1.165) is 105 Å². The zero-order chi connectivity index (χ0) is 46.1. The molecule has 0 unspecified atom stereocenters. The summed E-state index contributed by atoms with van der Waals surface area (Å²) in [6.45, 7) is 6.13. The van der Waals surface area contributed by atoms with E-state index in [0.29, 0.717) is 44.1 Å². The molecule has 0 bridgehead atoms. The number of carbonyl (C=O) groups excluding carboxylic acids is 3. The minimum absolute atomic E-state index is 0.0188. The van der Waals surface area contributed by atoms with Gasteiger partial charge >= 0.3 is 5.97 Å². The average Bonchev–Trinajstić information content (AvgIpc) is 3.61. The quantitative estimate of drug-likeness (QED) is 0.104. The maximum absolute atomic E-state index is 13.8. The summed E-state index contributed by atoms with van der Waals surface area (Å²) in [4.78, 5) is 56.9. The van der Waals surface area contributed by atoms with E-state index in [-0.39, 0.29) is 42.5 Å². The maximum atomic E-state index is 13.8. The number of aryl methyl sites for hydroxylation is 2. The van der Waals surface area contributed by atoms with Crippen LogP contribution >= 0.6 is 11.6 Å². The van der Waals surface area contributed by atoms with E-state index in [2.05, 4.69) is 32.2 Å². The molecule has 0 radical (unpaired) electrons. The van der Waals surface area contributed by atoms with Crippen LogP contribution in [0.3, 0.4) is 0 Å². The second-order valence-corrected chi connectivity index (χ2v) is 18.7. The average molecular weight is 917 g/mol. The molecular weight excluding hydrogens is 866 g/mol. The van der Waals surface area contributed by atoms with Gasteiger partial charge in [0, 0.05) is 99.4 Å². The monoisotopic (exact) mass is 916 g/mol. The highest BCUT2D eigenvalue weighted by atomic mass is 35.5. The minimum Gasteiger partial charge on any atom is -0.497 e. The Morgan fingerprint density at radius 1 is 0.791 bits per heavy atom. The first-order valence-corrected chi connectivity index (χ1v) is 23.8. The van der Waals surface area contributed by atoms with E-state index in [4.69, 9.17) is 21.1 Å². The summed E-state index contributed by atoms with van der Waals surface area (Å²) in [5, 5.41) is 20.1. The van der Waals surface area contributed by atoms with Crippen LogP contribution in [0.1, 0.15) is 101 Å². The van der Waals surface area contributed by atoms with Crippen LogP contribution in [0.5, 0.6) is 17.2 Å². The third kappa shape index (κ3) is 7.33. The molecule has 1 aromatic heterocycles. The molecule has 0 aliphatic carbocycles. The number of carbonyl (C=O) groups is 4. The number of anilines is 1. The van der Waals surface area contributed by atoms with Crippen molar-refractivity contribution in [2.24, 2.45) is 0 Å². The van der Waals surface area contributed by atoms with Crippen molar-refractivity contribution < 1.29 is 33.8 Å². The Kier molecular flexibility index (Phi) is 10.9. The lowest BCUT2D eigenvalue weighted by atomic mass is 9.81. The Morgan fingerprint density at radius 3 is 2.31 bits per heavy atom. The highest BCUT2D eigenvalue weighted by Crippen LogP contribution is 2.49. The number of benzene rings is 5. The highest BCUT2D eigenvalue weighted by molar-refractivity contribution is 6.30. The van der Waals surface area contributed by atoms with E-state index >= 15 is 0 Å². The summed E-state index contributed by atoms with van der Waals surface area (Å²) in [6.07, 6.45) is 7.86. The number of aromatic carboxylic acids is 1. The van der Waals surface area contributed by atoms with Crippen LogP contribution in [0, 0.1) is 6.92 Å². The summed E-state index contributed by atoms with van der Waals surface area (Å²) >= 11 is 6.09. The van der Waals surface area contributed by atoms with Crippen molar-refractivity contribution in [1.82, 2.24) is 19.8 Å². The maximum Gasteiger partial charge on any atom is 0.336 e. The number of carboxylic acid groups (broad SMARTS) is 1. The zero-order valence-corrected chi connectivity index (χ0v) is 38.4. The third-order valence-electron chi connectivity index (χ3n) is 14.4. The van der Waals surface area contributed by atoms with Gasteiger partial charge in [-0.15, -0.1) is 0 Å². The lowest BCUT2D eigenvalue weighted by Gasteiger charge is -2.39. The van der Waals surface area contributed by atoms with Gasteiger partial charge in [0.25, 0.3) is 11.8 Å². The summed E-state index contributed by atoms with van der Waals surface area (Å²) < 4.78 is 16.8. The van der Waals surface area contributed by atoms with Gasteiger partial charge in [-0.05, 0) is 129 Å². The van der Waals surface area contributed by atoms with E-state index < -0.39 is 11.9 Å². The van der Waals surface area contributed by atoms with E-state index in [9.17, 15) is 24.3 Å². The number of aromatic nitrogens is 1. The number of hydrogen-bond donors (Lipinski definition) is 3. The van der Waals surface area contributed by atoms with Crippen molar-refractivity contribution in [1.29, 1.82) is 0 Å². The van der Waals surface area contributed by atoms with Gasteiger partial charge in [0.15, 0.2) is 0 Å². The molecule has 6 heterocycles. The van der Waals surface area contributed by atoms with E-state index in [1.54, 1.807) is 60.2 Å². The van der Waals surface area contributed by atoms with Crippen LogP contribution < -0.4 is 40.2 Å². The lowest BCUT2D eigenvalue weighted by Crippen LogP contribution is -2.45. The Morgan fingerprint density at radius 2 is 1.52 bits per heavy atom. The van der Waals surface area contributed by atoms with Crippen LogP contribution in [0.15, 0.2) is 72.8 Å². The first-order valence-electron chi connectivity index (χ1n) is 23.4. The summed E-state index contributed by atoms with van der Waals surface area (Å²) in [5.41, 5.74) is 11.2. The van der Waals surface area contributed by atoms with Gasteiger partial charge in [0.2, 0.25) is 11.3 Å². The molecule has 5 aromatic carbocycles. The van der Waals surface area contributed by atoms with Gasteiger partial charge < -0.3 is 30.1 Å². The molecule has 5 aliphatic rings. The highest BCUT2D eigenvalue weighted by Gasteiger charge is 2.37. The number of rotatable bonds is 10. The number of fused-ring (bicyclic) bond motifs is 5. The van der Waals surface area contributed by atoms with Crippen molar-refractivity contribution in [3.8, 4) is 17.2 Å². The second kappa shape index (κ2) is 17.1. The van der Waals surface area contributed by atoms with Gasteiger partial charge in [-0.3, -0.25) is 19.0 Å². The van der Waals surface area contributed by atoms with Crippen molar-refractivity contribution in [2.75, 3.05) is 51.3 Å². The molecule has 0 saturated heterocycles. The molecule has 0 fully saturated rings. The smallest absolute Gasteiger partial charge is 0.336 e. The van der Waals surface area contributed by atoms with Gasteiger partial charge in [-0.25, -0.2) is 9.37 Å². The van der Waals surface area contributed by atoms with Gasteiger partial charge in [-0.2, -0.15) is 0 Å². The van der Waals surface area contributed by atoms with Crippen molar-refractivity contribution in [3.63, 3.8) is 0 Å². The fraction of sp³-hybridized carbons (Fsp3) is 0.315. The third-order valence-corrected chi connectivity index (χ3v) is 14.6. The number of nitrogens with one attached hydrogen (secondary N) is 2. The van der Waals surface area contributed by atoms with Crippen LogP contribution in [-0.2, 0) is 36.9 Å². The topological polar surface area (TPSA) is 142 Å². The molecule has 5 aliphatic heterocycles. The molecule has 11 rings (SSSR count). The van der Waals surface area contributed by atoms with Gasteiger partial charge in [0.05, 0.1) is 30.2 Å². The first kappa shape index (κ1) is 42.7. The number of ether oxygens (including phenoxy) is 2. The molecule has 0 saturated carbocycles. The molecule has 13 heteroatoms. The Hall–Kier alpha value is -6.92. The molecule has 12 nitrogen and oxygen atoms in total. The van der Waals surface area contributed by atoms with Crippen molar-refractivity contribution >= 4 is 57.5 Å². The number of carboxylic acids is 1. The summed E-state index contributed by atoms with van der Waals surface area (Å²) in [7, 11) is 1.56. The first-order chi connectivity index (χ1) is 32.6. The number of hydrogen-bond acceptors (Lipinski definition) is 7. The Balaban J connectivity index is 0.873. The molecule has 6 aromatic rings. The molecule has 0 spiro atoms. The predicted octanol–water partition coefficient (Wildman–Crippen LogP) is 6.52. The van der Waals surface area contributed by atoms with Crippen LogP contribution in [0.2, 0.25) is 5.02 Å². The van der Waals surface area contributed by atoms with Gasteiger partial charge in [0.1, 0.15) is 30.3 Å². The largest absolute Gasteiger partial charge is 0.497 e. The van der Waals surface area contributed by atoms with Crippen molar-refractivity contribution in [3.05, 3.63) is 150 Å². The molecule has 2 amide bonds. The SMILES string of the molecule is COc1ccc2c(c1)c(CC(=O)NCCNC(=O)c1ccc(C3=c4cc5c6c(c4Oc4c3cc3c7c4CCCN7CCC3)CCC[N+]=6CCC5)c(C(=O)O)c1)c(C)n2C(=O)c1ccc(Cl)cc1. The van der Waals surface area contributed by atoms with Gasteiger partial charge in [-0.1, -0.05) is 17.7 Å². The van der Waals surface area contributed by atoms with E-state index in [1.807, 2.05) is 13.0 Å². The number of nitrogens with zero attached hydrogens (tertiary/aromatic N) is 3. The van der Waals surface area contributed by atoms with E-state index in [1.165, 1.54) is 39.4 Å². The molecule has 3 N–H and O–H groups in total. The Bertz CT molecular complexity index is 3260. The predicted molar refractivity (Wildman–Crippen MR) is 257 cm³/mol. The summed E-state index contributed by atoms with van der Waals surface area (Å²) in [6, 6.07) is 21.5. The molecule has 340 valence electrons. The van der Waals surface area contributed by atoms with Crippen LogP contribution in [-0.4, -0.2) is 79.7 Å². The number of amides is 2.